The lowest BCUT2D eigenvalue weighted by molar-refractivity contribution is 0.453. The van der Waals surface area contributed by atoms with Crippen molar-refractivity contribution < 1.29 is 9.13 Å². The summed E-state index contributed by atoms with van der Waals surface area (Å²) in [5.41, 5.74) is 6.90. The number of aromatic nitrogens is 2. The first kappa shape index (κ1) is 13.3. The van der Waals surface area contributed by atoms with Crippen molar-refractivity contribution in [3.05, 3.63) is 41.6 Å². The Labute approximate surface area is 111 Å². The molecular weight excluding hydrogens is 245 g/mol. The molecule has 4 nitrogen and oxygen atoms in total. The minimum Gasteiger partial charge on any atom is -0.437 e. The minimum absolute atomic E-state index is 0.187. The third kappa shape index (κ3) is 3.19. The molecule has 0 saturated heterocycles. The molecule has 0 spiro atoms. The molecule has 0 aliphatic rings. The Morgan fingerprint density at radius 2 is 1.95 bits per heavy atom. The van der Waals surface area contributed by atoms with E-state index in [-0.39, 0.29) is 11.7 Å². The van der Waals surface area contributed by atoms with Gasteiger partial charge in [0.15, 0.2) is 5.75 Å². The van der Waals surface area contributed by atoms with Gasteiger partial charge in [0, 0.05) is 23.7 Å². The van der Waals surface area contributed by atoms with Gasteiger partial charge in [-0.05, 0) is 19.1 Å². The van der Waals surface area contributed by atoms with Gasteiger partial charge >= 0.3 is 0 Å². The summed E-state index contributed by atoms with van der Waals surface area (Å²) in [6.07, 6.45) is 0. The minimum atomic E-state index is -0.404. The Balaban J connectivity index is 2.35. The highest BCUT2D eigenvalue weighted by Gasteiger charge is 2.09. The predicted molar refractivity (Wildman–Crippen MR) is 71.7 cm³/mol. The molecule has 100 valence electrons. The van der Waals surface area contributed by atoms with E-state index >= 15 is 0 Å². The first-order valence-electron chi connectivity index (χ1n) is 6.04. The zero-order chi connectivity index (χ0) is 14.0. The van der Waals surface area contributed by atoms with Gasteiger partial charge in [-0.2, -0.15) is 4.98 Å². The molecule has 0 aliphatic heterocycles. The Morgan fingerprint density at radius 3 is 2.63 bits per heavy atom. The predicted octanol–water partition coefficient (Wildman–Crippen LogP) is 3.42. The van der Waals surface area contributed by atoms with Gasteiger partial charge < -0.3 is 10.5 Å². The molecule has 0 atom stereocenters. The molecule has 1 aromatic carbocycles. The summed E-state index contributed by atoms with van der Waals surface area (Å²) in [4.78, 5) is 8.61. The van der Waals surface area contributed by atoms with E-state index in [2.05, 4.69) is 9.97 Å². The van der Waals surface area contributed by atoms with Crippen LogP contribution >= 0.6 is 0 Å². The number of nitrogens with zero attached hydrogens (tertiary/aromatic N) is 2. The summed E-state index contributed by atoms with van der Waals surface area (Å²) in [7, 11) is 0. The number of aryl methyl sites for hydroxylation is 1. The van der Waals surface area contributed by atoms with Crippen LogP contribution in [0.1, 0.15) is 31.3 Å². The van der Waals surface area contributed by atoms with Gasteiger partial charge in [0.2, 0.25) is 5.88 Å². The van der Waals surface area contributed by atoms with Crippen LogP contribution in [0, 0.1) is 12.7 Å². The molecule has 5 heteroatoms. The lowest BCUT2D eigenvalue weighted by Crippen LogP contribution is -2.02. The third-order valence-electron chi connectivity index (χ3n) is 2.55. The molecule has 19 heavy (non-hydrogen) atoms. The largest absolute Gasteiger partial charge is 0.437 e. The molecule has 0 unspecified atom stereocenters. The molecule has 0 fully saturated rings. The average molecular weight is 261 g/mol. The van der Waals surface area contributed by atoms with Crippen molar-refractivity contribution >= 4 is 5.69 Å². The number of hydrogen-bond acceptors (Lipinski definition) is 4. The van der Waals surface area contributed by atoms with Gasteiger partial charge in [-0.25, -0.2) is 9.37 Å². The van der Waals surface area contributed by atoms with Crippen LogP contribution < -0.4 is 10.5 Å². The lowest BCUT2D eigenvalue weighted by Gasteiger charge is -2.10. The van der Waals surface area contributed by atoms with Crippen LogP contribution in [-0.4, -0.2) is 9.97 Å². The highest BCUT2D eigenvalue weighted by molar-refractivity contribution is 5.53. The third-order valence-corrected chi connectivity index (χ3v) is 2.55. The molecule has 1 aromatic heterocycles. The van der Waals surface area contributed by atoms with Gasteiger partial charge in [0.25, 0.3) is 0 Å². The van der Waals surface area contributed by atoms with E-state index in [0.29, 0.717) is 17.4 Å². The van der Waals surface area contributed by atoms with Crippen LogP contribution in [0.4, 0.5) is 10.1 Å². The molecule has 0 radical (unpaired) electrons. The Kier molecular flexibility index (Phi) is 3.64. The first-order valence-corrected chi connectivity index (χ1v) is 6.04. The van der Waals surface area contributed by atoms with E-state index < -0.39 is 5.82 Å². The van der Waals surface area contributed by atoms with Gasteiger partial charge in [-0.3, -0.25) is 0 Å². The highest BCUT2D eigenvalue weighted by atomic mass is 19.1. The van der Waals surface area contributed by atoms with Crippen molar-refractivity contribution in [1.82, 2.24) is 9.97 Å². The van der Waals surface area contributed by atoms with Gasteiger partial charge in [0.05, 0.1) is 5.69 Å². The molecule has 2 aromatic rings. The topological polar surface area (TPSA) is 61.0 Å². The quantitative estimate of drug-likeness (QED) is 0.860. The van der Waals surface area contributed by atoms with E-state index in [1.54, 1.807) is 6.07 Å². The molecule has 0 bridgehead atoms. The van der Waals surface area contributed by atoms with Crippen molar-refractivity contribution in [2.45, 2.75) is 26.7 Å². The number of halogens is 1. The highest BCUT2D eigenvalue weighted by Crippen LogP contribution is 2.27. The second kappa shape index (κ2) is 5.22. The van der Waals surface area contributed by atoms with Crippen molar-refractivity contribution in [2.75, 3.05) is 5.73 Å². The van der Waals surface area contributed by atoms with Crippen molar-refractivity contribution in [3.63, 3.8) is 0 Å². The summed E-state index contributed by atoms with van der Waals surface area (Å²) in [5, 5.41) is 0. The fourth-order valence-electron chi connectivity index (χ4n) is 1.58. The van der Waals surface area contributed by atoms with Crippen LogP contribution in [0.15, 0.2) is 24.3 Å². The summed E-state index contributed by atoms with van der Waals surface area (Å²) >= 11 is 0. The second-order valence-corrected chi connectivity index (χ2v) is 4.64. The van der Waals surface area contributed by atoms with Crippen LogP contribution in [-0.2, 0) is 0 Å². The number of anilines is 1. The van der Waals surface area contributed by atoms with E-state index in [9.17, 15) is 4.39 Å². The Morgan fingerprint density at radius 1 is 1.21 bits per heavy atom. The zero-order valence-corrected chi connectivity index (χ0v) is 11.1. The number of nitrogens with two attached hydrogens (primary N) is 1. The number of nitrogen functional groups attached to an aromatic ring is 1. The number of benzene rings is 1. The van der Waals surface area contributed by atoms with E-state index in [0.717, 1.165) is 5.69 Å². The summed E-state index contributed by atoms with van der Waals surface area (Å²) < 4.78 is 18.7. The lowest BCUT2D eigenvalue weighted by atomic mass is 10.2. The summed E-state index contributed by atoms with van der Waals surface area (Å²) in [6.45, 7) is 5.85. The molecule has 2 rings (SSSR count). The smallest absolute Gasteiger partial charge is 0.222 e. The summed E-state index contributed by atoms with van der Waals surface area (Å²) in [6, 6.07) is 5.67. The maximum Gasteiger partial charge on any atom is 0.222 e. The molecule has 2 N–H and O–H groups in total. The zero-order valence-electron chi connectivity index (χ0n) is 11.1. The Hall–Kier alpha value is -2.17. The number of rotatable bonds is 3. The molecule has 1 heterocycles. The maximum atomic E-state index is 13.2. The van der Waals surface area contributed by atoms with Gasteiger partial charge in [-0.15, -0.1) is 0 Å². The van der Waals surface area contributed by atoms with Crippen molar-refractivity contribution in [1.29, 1.82) is 0 Å². The number of hydrogen-bond donors (Lipinski definition) is 1. The van der Waals surface area contributed by atoms with Crippen LogP contribution in [0.5, 0.6) is 11.6 Å². The molecular formula is C14H16FN3O. The molecule has 0 aliphatic carbocycles. The van der Waals surface area contributed by atoms with Crippen LogP contribution in [0.3, 0.4) is 0 Å². The summed E-state index contributed by atoms with van der Waals surface area (Å²) in [5.74, 6) is 1.09. The second-order valence-electron chi connectivity index (χ2n) is 4.64. The van der Waals surface area contributed by atoms with E-state index in [1.165, 1.54) is 18.2 Å². The van der Waals surface area contributed by atoms with Crippen molar-refractivity contribution in [3.8, 4) is 11.6 Å². The standard InChI is InChI=1S/C14H16FN3O/c1-8(2)14-17-9(3)6-13(18-14)19-12-7-10(15)4-5-11(12)16/h4-8H,16H2,1-3H3. The maximum absolute atomic E-state index is 13.2. The molecule has 0 saturated carbocycles. The molecule has 0 amide bonds. The van der Waals surface area contributed by atoms with Gasteiger partial charge in [0.1, 0.15) is 11.6 Å². The van der Waals surface area contributed by atoms with E-state index in [1.807, 2.05) is 20.8 Å². The van der Waals surface area contributed by atoms with Crippen LogP contribution in [0.25, 0.3) is 0 Å². The van der Waals surface area contributed by atoms with Gasteiger partial charge in [-0.1, -0.05) is 13.8 Å². The first-order chi connectivity index (χ1) is 8.95. The SMILES string of the molecule is Cc1cc(Oc2cc(F)ccc2N)nc(C(C)C)n1. The fraction of sp³-hybridized carbons (Fsp3) is 0.286. The monoisotopic (exact) mass is 261 g/mol. The van der Waals surface area contributed by atoms with Crippen LogP contribution in [0.2, 0.25) is 0 Å². The normalized spacial score (nSPS) is 10.8. The van der Waals surface area contributed by atoms with E-state index in [4.69, 9.17) is 10.5 Å². The number of ether oxygens (including phenoxy) is 1. The van der Waals surface area contributed by atoms with Crippen molar-refractivity contribution in [2.24, 2.45) is 0 Å². The average Bonchev–Trinajstić information content (AvgIpc) is 2.33. The fourth-order valence-corrected chi connectivity index (χ4v) is 1.58. The Bertz CT molecular complexity index is 599.